The van der Waals surface area contributed by atoms with Crippen molar-refractivity contribution in [2.75, 3.05) is 0 Å². The average molecular weight is 111 g/mol. The highest BCUT2D eigenvalue weighted by Crippen LogP contribution is 1.87. The topological polar surface area (TPSA) is 4.93 Å². The second-order valence-corrected chi connectivity index (χ2v) is 1.94. The molecule has 1 rings (SSSR count). The van der Waals surface area contributed by atoms with E-state index in [0.29, 0.717) is 0 Å². The van der Waals surface area contributed by atoms with Crippen molar-refractivity contribution in [1.82, 2.24) is 4.57 Å². The summed E-state index contributed by atoms with van der Waals surface area (Å²) in [6.07, 6.45) is 1.96. The third kappa shape index (κ3) is 0.834. The first-order chi connectivity index (χ1) is 3.30. The molecule has 0 aliphatic heterocycles. The van der Waals surface area contributed by atoms with Gasteiger partial charge in [0.1, 0.15) is 0 Å². The molecule has 1 aromatic rings. The van der Waals surface area contributed by atoms with E-state index in [1.54, 1.807) is 0 Å². The van der Waals surface area contributed by atoms with Crippen molar-refractivity contribution in [1.29, 1.82) is 0 Å². The number of rotatable bonds is 0. The fourth-order valence-electron chi connectivity index (χ4n) is 0.452. The van der Waals surface area contributed by atoms with Crippen LogP contribution >= 0.6 is 9.24 Å². The van der Waals surface area contributed by atoms with Crippen molar-refractivity contribution in [3.05, 3.63) is 18.3 Å². The molecule has 0 amide bonds. The fourth-order valence-corrected chi connectivity index (χ4v) is 0.605. The zero-order valence-electron chi connectivity index (χ0n) is 4.13. The van der Waals surface area contributed by atoms with E-state index in [9.17, 15) is 0 Å². The molecule has 0 fully saturated rings. The van der Waals surface area contributed by atoms with Gasteiger partial charge in [0.25, 0.3) is 0 Å². The van der Waals surface area contributed by atoms with Crippen molar-refractivity contribution in [2.24, 2.45) is 7.05 Å². The van der Waals surface area contributed by atoms with Crippen LogP contribution in [0, 0.1) is 0 Å². The van der Waals surface area contributed by atoms with Gasteiger partial charge < -0.3 is 4.57 Å². The van der Waals surface area contributed by atoms with Crippen molar-refractivity contribution in [3.63, 3.8) is 0 Å². The lowest BCUT2D eigenvalue weighted by molar-refractivity contribution is 0.961. The first-order valence-corrected chi connectivity index (χ1v) is 2.56. The molecular weight excluding hydrogens is 105 g/mol. The highest BCUT2D eigenvalue weighted by atomic mass is 31.0. The van der Waals surface area contributed by atoms with Crippen molar-refractivity contribution in [3.8, 4) is 0 Å². The van der Waals surface area contributed by atoms with Crippen LogP contribution in [0.2, 0.25) is 0 Å². The van der Waals surface area contributed by atoms with Crippen LogP contribution in [-0.4, -0.2) is 4.57 Å². The minimum atomic E-state index is 1.00. The molecule has 7 heavy (non-hydrogen) atoms. The molecule has 1 aromatic heterocycles. The van der Waals surface area contributed by atoms with E-state index in [1.807, 2.05) is 29.9 Å². The Morgan fingerprint density at radius 2 is 2.43 bits per heavy atom. The SMILES string of the molecule is Cn1cccc1[P]. The molecule has 0 aliphatic carbocycles. The Kier molecular flexibility index (Phi) is 1.16. The molecule has 1 nitrogen and oxygen atoms in total. The van der Waals surface area contributed by atoms with Crippen molar-refractivity contribution in [2.45, 2.75) is 0 Å². The van der Waals surface area contributed by atoms with Gasteiger partial charge >= 0.3 is 0 Å². The summed E-state index contributed by atoms with van der Waals surface area (Å²) in [5, 5.41) is 0. The second kappa shape index (κ2) is 1.67. The Morgan fingerprint density at radius 1 is 1.71 bits per heavy atom. The van der Waals surface area contributed by atoms with Gasteiger partial charge in [0, 0.05) is 22.5 Å². The van der Waals surface area contributed by atoms with Crippen LogP contribution in [-0.2, 0) is 7.05 Å². The van der Waals surface area contributed by atoms with E-state index < -0.39 is 0 Å². The Balaban J connectivity index is 3.12. The summed E-state index contributed by atoms with van der Waals surface area (Å²) in [6.45, 7) is 0. The molecule has 2 heteroatoms. The molecule has 0 saturated carbocycles. The van der Waals surface area contributed by atoms with Gasteiger partial charge in [-0.3, -0.25) is 0 Å². The third-order valence-corrected chi connectivity index (χ3v) is 1.38. The summed E-state index contributed by atoms with van der Waals surface area (Å²) in [5.74, 6) is 0. The quantitative estimate of drug-likeness (QED) is 0.441. The summed E-state index contributed by atoms with van der Waals surface area (Å²) < 4.78 is 1.95. The normalized spacial score (nSPS) is 9.43. The first-order valence-electron chi connectivity index (χ1n) is 2.11. The highest BCUT2D eigenvalue weighted by molar-refractivity contribution is 7.27. The number of hydrogen-bond donors (Lipinski definition) is 0. The maximum absolute atomic E-state index is 4.11. The number of hydrogen-bond acceptors (Lipinski definition) is 0. The zero-order valence-corrected chi connectivity index (χ0v) is 5.02. The summed E-state index contributed by atoms with van der Waals surface area (Å²) in [7, 11) is 6.07. The van der Waals surface area contributed by atoms with Gasteiger partial charge in [-0.15, -0.1) is 0 Å². The van der Waals surface area contributed by atoms with Crippen LogP contribution in [0.3, 0.4) is 0 Å². The monoisotopic (exact) mass is 111 g/mol. The molecule has 0 saturated heterocycles. The van der Waals surface area contributed by atoms with Crippen LogP contribution < -0.4 is 5.44 Å². The lowest BCUT2D eigenvalue weighted by Crippen LogP contribution is -2.00. The Bertz CT molecular complexity index is 140. The third-order valence-electron chi connectivity index (χ3n) is 0.916. The molecule has 0 bridgehead atoms. The fraction of sp³-hybridized carbons (Fsp3) is 0.200. The molecule has 36 valence electrons. The van der Waals surface area contributed by atoms with E-state index in [0.717, 1.165) is 5.44 Å². The number of aromatic nitrogens is 1. The standard InChI is InChI=1S/C5H6NP/c1-6-4-2-3-5(6)7/h2-4H,1H3. The lowest BCUT2D eigenvalue weighted by Gasteiger charge is -1.88. The predicted octanol–water partition coefficient (Wildman–Crippen LogP) is 1.06. The Labute approximate surface area is 45.5 Å². The maximum atomic E-state index is 4.11. The van der Waals surface area contributed by atoms with Crippen molar-refractivity contribution < 1.29 is 0 Å². The zero-order chi connectivity index (χ0) is 5.28. The summed E-state index contributed by atoms with van der Waals surface area (Å²) in [6, 6.07) is 3.91. The molecule has 0 atom stereocenters. The van der Waals surface area contributed by atoms with Gasteiger partial charge in [-0.25, -0.2) is 0 Å². The number of aryl methyl sites for hydroxylation is 1. The van der Waals surface area contributed by atoms with Gasteiger partial charge in [-0.1, -0.05) is 0 Å². The molecule has 0 spiro atoms. The van der Waals surface area contributed by atoms with E-state index in [4.69, 9.17) is 0 Å². The van der Waals surface area contributed by atoms with E-state index in [-0.39, 0.29) is 0 Å². The average Bonchev–Trinajstić information content (AvgIpc) is 1.91. The minimum absolute atomic E-state index is 1.00. The molecule has 0 unspecified atom stereocenters. The van der Waals surface area contributed by atoms with E-state index in [2.05, 4.69) is 9.24 Å². The van der Waals surface area contributed by atoms with Gasteiger partial charge in [0.2, 0.25) is 0 Å². The summed E-state index contributed by atoms with van der Waals surface area (Å²) in [5.41, 5.74) is 1.00. The summed E-state index contributed by atoms with van der Waals surface area (Å²) >= 11 is 0. The molecule has 0 aliphatic rings. The minimum Gasteiger partial charge on any atom is -0.350 e. The largest absolute Gasteiger partial charge is 0.350 e. The van der Waals surface area contributed by atoms with Crippen LogP contribution in [0.5, 0.6) is 0 Å². The predicted molar refractivity (Wildman–Crippen MR) is 32.0 cm³/mol. The molecular formula is C5H6NP. The van der Waals surface area contributed by atoms with Gasteiger partial charge in [-0.2, -0.15) is 0 Å². The van der Waals surface area contributed by atoms with Crippen LogP contribution in [0.1, 0.15) is 0 Å². The highest BCUT2D eigenvalue weighted by Gasteiger charge is 1.83. The Morgan fingerprint density at radius 3 is 2.57 bits per heavy atom. The molecule has 0 N–H and O–H groups in total. The van der Waals surface area contributed by atoms with E-state index >= 15 is 0 Å². The number of nitrogens with zero attached hydrogens (tertiary/aromatic N) is 1. The van der Waals surface area contributed by atoms with Gasteiger partial charge in [0.05, 0.1) is 5.44 Å². The molecule has 1 heterocycles. The van der Waals surface area contributed by atoms with Gasteiger partial charge in [0.15, 0.2) is 0 Å². The first kappa shape index (κ1) is 4.86. The van der Waals surface area contributed by atoms with Crippen LogP contribution in [0.15, 0.2) is 18.3 Å². The van der Waals surface area contributed by atoms with Crippen molar-refractivity contribution >= 4 is 14.7 Å². The maximum Gasteiger partial charge on any atom is 0.0510 e. The smallest absolute Gasteiger partial charge is 0.0510 e. The molecule has 0 aromatic carbocycles. The lowest BCUT2D eigenvalue weighted by atomic mass is 10.7. The van der Waals surface area contributed by atoms with Gasteiger partial charge in [-0.05, 0) is 12.1 Å². The Hall–Kier alpha value is -0.290. The van der Waals surface area contributed by atoms with E-state index in [1.165, 1.54) is 0 Å². The molecule has 2 radical (unpaired) electrons. The second-order valence-electron chi connectivity index (χ2n) is 1.48. The van der Waals surface area contributed by atoms with Crippen LogP contribution in [0.25, 0.3) is 0 Å². The summed E-state index contributed by atoms with van der Waals surface area (Å²) in [4.78, 5) is 0. The van der Waals surface area contributed by atoms with Crippen LogP contribution in [0.4, 0.5) is 0 Å².